The number of likely N-dealkylation sites (tertiary alicyclic amines) is 1. The Morgan fingerprint density at radius 2 is 1.65 bits per heavy atom. The van der Waals surface area contributed by atoms with E-state index in [4.69, 9.17) is 0 Å². The smallest absolute Gasteiger partial charge is 0.236 e. The maximum Gasteiger partial charge on any atom is 0.236 e. The number of carbonyl (C=O) groups is 3. The van der Waals surface area contributed by atoms with E-state index in [2.05, 4.69) is 5.32 Å². The van der Waals surface area contributed by atoms with Crippen molar-refractivity contribution in [3.05, 3.63) is 0 Å². The number of hydrogen-bond acceptors (Lipinski definition) is 4. The third-order valence-electron chi connectivity index (χ3n) is 4.74. The van der Waals surface area contributed by atoms with Crippen LogP contribution in [0.4, 0.5) is 0 Å². The van der Waals surface area contributed by atoms with Crippen molar-refractivity contribution in [3.8, 4) is 0 Å². The molecule has 2 rings (SSSR count). The van der Waals surface area contributed by atoms with Gasteiger partial charge in [-0.05, 0) is 19.3 Å². The van der Waals surface area contributed by atoms with Crippen LogP contribution in [0.25, 0.3) is 0 Å². The molecule has 3 amide bonds. The van der Waals surface area contributed by atoms with E-state index in [1.54, 1.807) is 11.9 Å². The van der Waals surface area contributed by atoms with Crippen LogP contribution >= 0.6 is 0 Å². The lowest BCUT2D eigenvalue weighted by atomic mass is 10.1. The fourth-order valence-corrected chi connectivity index (χ4v) is 3.31. The molecule has 0 aromatic heterocycles. The predicted octanol–water partition coefficient (Wildman–Crippen LogP) is -0.475. The molecule has 2 aliphatic rings. The summed E-state index contributed by atoms with van der Waals surface area (Å²) in [7, 11) is 1.61. The zero-order valence-electron chi connectivity index (χ0n) is 14.2. The molecule has 0 spiro atoms. The molecule has 0 bridgehead atoms. The molecule has 2 fully saturated rings. The van der Waals surface area contributed by atoms with E-state index in [1.807, 2.05) is 9.80 Å². The van der Waals surface area contributed by atoms with Gasteiger partial charge in [0.25, 0.3) is 0 Å². The van der Waals surface area contributed by atoms with Crippen molar-refractivity contribution in [2.45, 2.75) is 26.2 Å². The largest absolute Gasteiger partial charge is 0.359 e. The maximum atomic E-state index is 12.4. The highest BCUT2D eigenvalue weighted by atomic mass is 16.2. The minimum Gasteiger partial charge on any atom is -0.359 e. The van der Waals surface area contributed by atoms with E-state index in [0.717, 1.165) is 25.9 Å². The molecular formula is C16H28N4O3. The van der Waals surface area contributed by atoms with Crippen molar-refractivity contribution in [2.75, 3.05) is 52.9 Å². The van der Waals surface area contributed by atoms with E-state index in [9.17, 15) is 14.4 Å². The number of nitrogens with one attached hydrogen (secondary N) is 1. The highest BCUT2D eigenvalue weighted by molar-refractivity contribution is 5.81. The summed E-state index contributed by atoms with van der Waals surface area (Å²) in [6.45, 7) is 5.67. The van der Waals surface area contributed by atoms with Crippen LogP contribution < -0.4 is 5.32 Å². The molecular weight excluding hydrogens is 296 g/mol. The van der Waals surface area contributed by atoms with Gasteiger partial charge in [0.15, 0.2) is 0 Å². The van der Waals surface area contributed by atoms with Crippen LogP contribution in [0.3, 0.4) is 0 Å². The fraction of sp³-hybridized carbons (Fsp3) is 0.812. The lowest BCUT2D eigenvalue weighted by Gasteiger charge is -2.30. The number of carbonyl (C=O) groups excluding carboxylic acids is 3. The van der Waals surface area contributed by atoms with E-state index < -0.39 is 0 Å². The first-order valence-electron chi connectivity index (χ1n) is 8.48. The van der Waals surface area contributed by atoms with Gasteiger partial charge in [-0.15, -0.1) is 0 Å². The van der Waals surface area contributed by atoms with Gasteiger partial charge in [0.05, 0.1) is 12.5 Å². The highest BCUT2D eigenvalue weighted by Gasteiger charge is 2.30. The maximum absolute atomic E-state index is 12.4. The van der Waals surface area contributed by atoms with Crippen molar-refractivity contribution >= 4 is 17.7 Å². The molecule has 7 nitrogen and oxygen atoms in total. The average Bonchev–Trinajstić information content (AvgIpc) is 2.77. The molecule has 0 aromatic rings. The zero-order chi connectivity index (χ0) is 16.8. The minimum absolute atomic E-state index is 0.0249. The first-order chi connectivity index (χ1) is 11.0. The van der Waals surface area contributed by atoms with E-state index in [-0.39, 0.29) is 23.6 Å². The Hall–Kier alpha value is -1.63. The van der Waals surface area contributed by atoms with Crippen molar-refractivity contribution in [2.24, 2.45) is 5.92 Å². The zero-order valence-corrected chi connectivity index (χ0v) is 14.2. The molecule has 0 saturated carbocycles. The SMILES string of the molecule is CNC(=O)[C@H]1CN(CC(=O)N2CCCCC2)CCN(C(C)=O)C1. The minimum atomic E-state index is -0.291. The van der Waals surface area contributed by atoms with Crippen molar-refractivity contribution in [3.63, 3.8) is 0 Å². The summed E-state index contributed by atoms with van der Waals surface area (Å²) < 4.78 is 0. The molecule has 2 heterocycles. The second kappa shape index (κ2) is 8.29. The van der Waals surface area contributed by atoms with Gasteiger partial charge < -0.3 is 15.1 Å². The molecule has 2 saturated heterocycles. The summed E-state index contributed by atoms with van der Waals surface area (Å²) >= 11 is 0. The van der Waals surface area contributed by atoms with Gasteiger partial charge in [-0.25, -0.2) is 0 Å². The molecule has 2 aliphatic heterocycles. The van der Waals surface area contributed by atoms with E-state index in [0.29, 0.717) is 32.7 Å². The van der Waals surface area contributed by atoms with Gasteiger partial charge in [0.1, 0.15) is 0 Å². The van der Waals surface area contributed by atoms with Crippen LogP contribution in [0.1, 0.15) is 26.2 Å². The van der Waals surface area contributed by atoms with Gasteiger partial charge in [-0.2, -0.15) is 0 Å². The highest BCUT2D eigenvalue weighted by Crippen LogP contribution is 2.13. The standard InChI is InChI=1S/C16H28N4O3/c1-13(21)20-9-8-18(10-14(11-20)16(23)17-2)12-15(22)19-6-4-3-5-7-19/h14H,3-12H2,1-2H3,(H,17,23)/t14-/m0/s1. The summed E-state index contributed by atoms with van der Waals surface area (Å²) in [5.74, 6) is -0.256. The van der Waals surface area contributed by atoms with Gasteiger partial charge in [-0.1, -0.05) is 0 Å². The molecule has 1 atom stereocenters. The average molecular weight is 324 g/mol. The predicted molar refractivity (Wildman–Crippen MR) is 86.7 cm³/mol. The summed E-state index contributed by atoms with van der Waals surface area (Å²) in [5, 5.41) is 2.66. The Bertz CT molecular complexity index is 449. The molecule has 130 valence electrons. The molecule has 0 aromatic carbocycles. The molecule has 0 radical (unpaired) electrons. The third-order valence-corrected chi connectivity index (χ3v) is 4.74. The lowest BCUT2D eigenvalue weighted by molar-refractivity contribution is -0.134. The number of amides is 3. The Morgan fingerprint density at radius 3 is 2.26 bits per heavy atom. The number of hydrogen-bond donors (Lipinski definition) is 1. The van der Waals surface area contributed by atoms with Crippen LogP contribution in [-0.2, 0) is 14.4 Å². The van der Waals surface area contributed by atoms with Crippen molar-refractivity contribution in [1.29, 1.82) is 0 Å². The molecule has 23 heavy (non-hydrogen) atoms. The first-order valence-corrected chi connectivity index (χ1v) is 8.48. The number of nitrogens with zero attached hydrogens (tertiary/aromatic N) is 3. The molecule has 1 N–H and O–H groups in total. The lowest BCUT2D eigenvalue weighted by Crippen LogP contribution is -2.45. The fourth-order valence-electron chi connectivity index (χ4n) is 3.31. The first kappa shape index (κ1) is 17.7. The van der Waals surface area contributed by atoms with Gasteiger partial charge >= 0.3 is 0 Å². The van der Waals surface area contributed by atoms with Crippen molar-refractivity contribution < 1.29 is 14.4 Å². The number of piperidine rings is 1. The Labute approximate surface area is 138 Å². The summed E-state index contributed by atoms with van der Waals surface area (Å²) in [5.41, 5.74) is 0. The normalized spacial score (nSPS) is 23.3. The monoisotopic (exact) mass is 324 g/mol. The quantitative estimate of drug-likeness (QED) is 0.761. The molecule has 7 heteroatoms. The van der Waals surface area contributed by atoms with Crippen LogP contribution in [0.5, 0.6) is 0 Å². The van der Waals surface area contributed by atoms with Crippen LogP contribution in [0.2, 0.25) is 0 Å². The van der Waals surface area contributed by atoms with Gasteiger partial charge in [-0.3, -0.25) is 19.3 Å². The Balaban J connectivity index is 1.98. The Kier molecular flexibility index (Phi) is 6.38. The van der Waals surface area contributed by atoms with Crippen molar-refractivity contribution in [1.82, 2.24) is 20.0 Å². The Morgan fingerprint density at radius 1 is 0.957 bits per heavy atom. The second-order valence-corrected chi connectivity index (χ2v) is 6.45. The van der Waals surface area contributed by atoms with Gasteiger partial charge in [0, 0.05) is 53.2 Å². The summed E-state index contributed by atoms with van der Waals surface area (Å²) in [4.78, 5) is 41.8. The number of rotatable bonds is 3. The van der Waals surface area contributed by atoms with E-state index in [1.165, 1.54) is 13.3 Å². The summed E-state index contributed by atoms with van der Waals surface area (Å²) in [6, 6.07) is 0. The topological polar surface area (TPSA) is 73.0 Å². The van der Waals surface area contributed by atoms with Gasteiger partial charge in [0.2, 0.25) is 17.7 Å². The summed E-state index contributed by atoms with van der Waals surface area (Å²) in [6.07, 6.45) is 3.34. The third kappa shape index (κ3) is 4.92. The second-order valence-electron chi connectivity index (χ2n) is 6.45. The van der Waals surface area contributed by atoms with Crippen LogP contribution in [0, 0.1) is 5.92 Å². The van der Waals surface area contributed by atoms with E-state index >= 15 is 0 Å². The molecule has 0 aliphatic carbocycles. The van der Waals surface area contributed by atoms with Crippen LogP contribution in [-0.4, -0.2) is 85.3 Å². The van der Waals surface area contributed by atoms with Crippen LogP contribution in [0.15, 0.2) is 0 Å². The molecule has 0 unspecified atom stereocenters.